The molecule has 1 fully saturated rings. The third kappa shape index (κ3) is 28.1. The number of alkyl carbamates (subject to hydrolysis) is 1. The van der Waals surface area contributed by atoms with Crippen LogP contribution in [0.15, 0.2) is 24.3 Å². The predicted octanol–water partition coefficient (Wildman–Crippen LogP) is 3.46. The lowest BCUT2D eigenvalue weighted by atomic mass is 10.1. The van der Waals surface area contributed by atoms with E-state index in [0.29, 0.717) is 170 Å². The van der Waals surface area contributed by atoms with E-state index in [4.69, 9.17) is 66.3 Å². The van der Waals surface area contributed by atoms with Gasteiger partial charge in [0.1, 0.15) is 12.4 Å². The van der Waals surface area contributed by atoms with Crippen LogP contribution < -0.4 is 10.1 Å². The second kappa shape index (κ2) is 36.7. The van der Waals surface area contributed by atoms with E-state index in [1.54, 1.807) is 0 Å². The van der Waals surface area contributed by atoms with Crippen molar-refractivity contribution in [3.05, 3.63) is 34.4 Å². The van der Waals surface area contributed by atoms with E-state index in [9.17, 15) is 19.7 Å². The number of amides is 1. The smallest absolute Gasteiger partial charge is 0.449 e. The van der Waals surface area contributed by atoms with Crippen molar-refractivity contribution in [1.29, 1.82) is 0 Å². The Bertz CT molecular complexity index is 1350. The Morgan fingerprint density at radius 1 is 0.532 bits per heavy atom. The maximum atomic E-state index is 11.9. The highest BCUT2D eigenvalue weighted by atomic mass is 16.7. The van der Waals surface area contributed by atoms with Gasteiger partial charge >= 0.3 is 12.2 Å². The standard InChI is InChI=1S/C42H66N2O18/c45-41(61-35-40-38-5-3-1-2-4-6-39(38)40)43-11-12-49-13-14-50-15-16-51-17-18-52-19-20-53-21-22-54-23-24-55-25-26-56-27-28-57-29-30-58-31-32-59-33-34-60-42(46)62-37-9-7-36(8-10-37)44(47)48/h7-10,38-40H,3-6,11-35H2,(H,43,45)/t38-,39+,40?. The fraction of sp³-hybridized carbons (Fsp3) is 0.762. The molecule has 62 heavy (non-hydrogen) atoms. The van der Waals surface area contributed by atoms with Crippen LogP contribution in [0.4, 0.5) is 15.3 Å². The Balaban J connectivity index is 0.893. The van der Waals surface area contributed by atoms with Crippen molar-refractivity contribution < 1.29 is 80.8 Å². The summed E-state index contributed by atoms with van der Waals surface area (Å²) >= 11 is 0. The molecular formula is C42H66N2O18. The number of fused-ring (bicyclic) bond motifs is 1. The Labute approximate surface area is 364 Å². The summed E-state index contributed by atoms with van der Waals surface area (Å²) in [6.45, 7) is 10.2. The van der Waals surface area contributed by atoms with Gasteiger partial charge in [-0.3, -0.25) is 10.1 Å². The van der Waals surface area contributed by atoms with Gasteiger partial charge in [-0.1, -0.05) is 0 Å². The minimum atomic E-state index is -0.931. The van der Waals surface area contributed by atoms with Crippen LogP contribution in [0.25, 0.3) is 0 Å². The second-order valence-electron chi connectivity index (χ2n) is 13.6. The van der Waals surface area contributed by atoms with Gasteiger partial charge in [0.25, 0.3) is 5.69 Å². The minimum Gasteiger partial charge on any atom is -0.449 e. The molecule has 0 saturated heterocycles. The summed E-state index contributed by atoms with van der Waals surface area (Å²) in [5.41, 5.74) is -0.109. The topological polar surface area (TPSA) is 219 Å². The molecule has 2 aliphatic rings. The van der Waals surface area contributed by atoms with Gasteiger partial charge in [-0.05, 0) is 42.7 Å². The molecule has 0 bridgehead atoms. The van der Waals surface area contributed by atoms with E-state index in [1.165, 1.54) is 24.3 Å². The zero-order valence-corrected chi connectivity index (χ0v) is 35.8. The fourth-order valence-corrected chi connectivity index (χ4v) is 5.98. The molecule has 0 aliphatic heterocycles. The van der Waals surface area contributed by atoms with Crippen molar-refractivity contribution in [3.8, 4) is 17.6 Å². The van der Waals surface area contributed by atoms with Crippen LogP contribution in [0, 0.1) is 39.7 Å². The minimum absolute atomic E-state index is 0.0139. The van der Waals surface area contributed by atoms with Crippen LogP contribution >= 0.6 is 0 Å². The maximum absolute atomic E-state index is 11.9. The highest BCUT2D eigenvalue weighted by Crippen LogP contribution is 2.52. The van der Waals surface area contributed by atoms with Crippen LogP contribution in [0.2, 0.25) is 0 Å². The quantitative estimate of drug-likeness (QED) is 0.0249. The second-order valence-corrected chi connectivity index (χ2v) is 13.6. The van der Waals surface area contributed by atoms with Gasteiger partial charge in [-0.15, -0.1) is 11.8 Å². The van der Waals surface area contributed by atoms with Crippen molar-refractivity contribution in [3.63, 3.8) is 0 Å². The Morgan fingerprint density at radius 2 is 0.887 bits per heavy atom. The first-order valence-electron chi connectivity index (χ1n) is 21.3. The first kappa shape index (κ1) is 52.6. The molecule has 352 valence electrons. The fourth-order valence-electron chi connectivity index (χ4n) is 5.98. The summed E-state index contributed by atoms with van der Waals surface area (Å²) in [5.74, 6) is 8.34. The number of nitrogens with one attached hydrogen (secondary N) is 1. The third-order valence-electron chi connectivity index (χ3n) is 9.18. The number of non-ortho nitro benzene ring substituents is 1. The molecule has 0 heterocycles. The normalized spacial score (nSPS) is 16.6. The molecule has 0 spiro atoms. The molecule has 0 aromatic heterocycles. The van der Waals surface area contributed by atoms with Crippen LogP contribution in [0.5, 0.6) is 5.75 Å². The van der Waals surface area contributed by atoms with Gasteiger partial charge in [0.2, 0.25) is 0 Å². The lowest BCUT2D eigenvalue weighted by molar-refractivity contribution is -0.384. The Kier molecular flexibility index (Phi) is 31.2. The number of rotatable bonds is 40. The maximum Gasteiger partial charge on any atom is 0.513 e. The van der Waals surface area contributed by atoms with Gasteiger partial charge in [0.05, 0.1) is 157 Å². The van der Waals surface area contributed by atoms with Crippen LogP contribution in [0.1, 0.15) is 25.7 Å². The molecule has 0 radical (unpaired) electrons. The summed E-state index contributed by atoms with van der Waals surface area (Å²) in [7, 11) is 0. The average Bonchev–Trinajstić information content (AvgIpc) is 3.92. The van der Waals surface area contributed by atoms with Gasteiger partial charge in [0.15, 0.2) is 0 Å². The van der Waals surface area contributed by atoms with E-state index in [-0.39, 0.29) is 24.7 Å². The molecule has 1 aromatic carbocycles. The molecule has 1 saturated carbocycles. The van der Waals surface area contributed by atoms with Crippen LogP contribution in [-0.4, -0.2) is 182 Å². The van der Waals surface area contributed by atoms with Crippen molar-refractivity contribution >= 4 is 17.9 Å². The number of hydrogen-bond donors (Lipinski definition) is 1. The van der Waals surface area contributed by atoms with E-state index >= 15 is 0 Å². The number of ether oxygens (including phenoxy) is 14. The summed E-state index contributed by atoms with van der Waals surface area (Å²) in [6.07, 6.45) is 2.82. The highest BCUT2D eigenvalue weighted by molar-refractivity contribution is 5.67. The predicted molar refractivity (Wildman–Crippen MR) is 220 cm³/mol. The number of hydrogen-bond acceptors (Lipinski definition) is 18. The summed E-state index contributed by atoms with van der Waals surface area (Å²) in [6, 6.07) is 5.07. The van der Waals surface area contributed by atoms with Gasteiger partial charge < -0.3 is 71.6 Å². The Morgan fingerprint density at radius 3 is 1.26 bits per heavy atom. The largest absolute Gasteiger partial charge is 0.513 e. The number of carbonyl (C=O) groups is 2. The molecule has 1 unspecified atom stereocenters. The third-order valence-corrected chi connectivity index (χ3v) is 9.18. The number of carbonyl (C=O) groups excluding carboxylic acids is 2. The summed E-state index contributed by atoms with van der Waals surface area (Å²) < 4.78 is 75.3. The average molecular weight is 887 g/mol. The molecule has 3 rings (SSSR count). The zero-order chi connectivity index (χ0) is 44.0. The van der Waals surface area contributed by atoms with Gasteiger partial charge in [-0.2, -0.15) is 0 Å². The van der Waals surface area contributed by atoms with Crippen molar-refractivity contribution in [1.82, 2.24) is 5.32 Å². The van der Waals surface area contributed by atoms with Crippen LogP contribution in [0.3, 0.4) is 0 Å². The SMILES string of the molecule is O=C(NCCOCCOCCOCCOCCOCCOCCOCCOCCOCCOCCOCCOC(=O)Oc1ccc([N+](=O)[O-])cc1)OCC1[C@H]2CCC#CCC[C@@H]12. The van der Waals surface area contributed by atoms with Crippen molar-refractivity contribution in [2.24, 2.45) is 17.8 Å². The van der Waals surface area contributed by atoms with Crippen LogP contribution in [-0.2, 0) is 61.6 Å². The molecule has 20 heteroatoms. The first-order valence-corrected chi connectivity index (χ1v) is 21.3. The number of nitro benzene ring substituents is 1. The number of nitro groups is 1. The Hall–Kier alpha value is -3.72. The number of benzene rings is 1. The number of nitrogens with zero attached hydrogens (tertiary/aromatic N) is 1. The van der Waals surface area contributed by atoms with E-state index in [1.807, 2.05) is 0 Å². The van der Waals surface area contributed by atoms with Gasteiger partial charge in [0, 0.05) is 31.5 Å². The lowest BCUT2D eigenvalue weighted by Crippen LogP contribution is -2.29. The van der Waals surface area contributed by atoms with Crippen molar-refractivity contribution in [2.45, 2.75) is 25.7 Å². The zero-order valence-electron chi connectivity index (χ0n) is 35.8. The monoisotopic (exact) mass is 886 g/mol. The molecule has 20 nitrogen and oxygen atoms in total. The first-order chi connectivity index (χ1) is 30.5. The van der Waals surface area contributed by atoms with Gasteiger partial charge in [-0.25, -0.2) is 9.59 Å². The molecule has 1 N–H and O–H groups in total. The molecular weight excluding hydrogens is 820 g/mol. The summed E-state index contributed by atoms with van der Waals surface area (Å²) in [5, 5.41) is 13.4. The molecule has 1 amide bonds. The molecule has 1 aromatic rings. The van der Waals surface area contributed by atoms with E-state index in [0.717, 1.165) is 25.7 Å². The molecule has 3 atom stereocenters. The summed E-state index contributed by atoms with van der Waals surface area (Å²) in [4.78, 5) is 33.7. The van der Waals surface area contributed by atoms with E-state index < -0.39 is 17.2 Å². The van der Waals surface area contributed by atoms with Crippen molar-refractivity contribution in [2.75, 3.05) is 165 Å². The molecule has 2 aliphatic carbocycles. The van der Waals surface area contributed by atoms with E-state index in [2.05, 4.69) is 17.2 Å². The lowest BCUT2D eigenvalue weighted by Gasteiger charge is -2.09. The highest BCUT2D eigenvalue weighted by Gasteiger charge is 2.49.